The van der Waals surface area contributed by atoms with Gasteiger partial charge in [0.2, 0.25) is 0 Å². The SMILES string of the molecule is O=C(NCCc1ccc(Cl)cc1Cl)NC(c1ccccc1)c1ccccn1. The molecule has 1 atom stereocenters. The molecule has 138 valence electrons. The van der Waals surface area contributed by atoms with Crippen molar-refractivity contribution in [3.05, 3.63) is 99.8 Å². The molecule has 1 unspecified atom stereocenters. The average molecular weight is 400 g/mol. The van der Waals surface area contributed by atoms with E-state index < -0.39 is 0 Å². The third-order valence-corrected chi connectivity index (χ3v) is 4.67. The highest BCUT2D eigenvalue weighted by Crippen LogP contribution is 2.21. The first kappa shape index (κ1) is 19.2. The van der Waals surface area contributed by atoms with E-state index in [-0.39, 0.29) is 12.1 Å². The average Bonchev–Trinajstić information content (AvgIpc) is 2.69. The predicted octanol–water partition coefficient (Wildman–Crippen LogP) is 5.02. The Morgan fingerprint density at radius 3 is 2.48 bits per heavy atom. The first-order chi connectivity index (χ1) is 13.1. The van der Waals surface area contributed by atoms with E-state index >= 15 is 0 Å². The van der Waals surface area contributed by atoms with Crippen molar-refractivity contribution >= 4 is 29.2 Å². The first-order valence-electron chi connectivity index (χ1n) is 8.57. The van der Waals surface area contributed by atoms with Gasteiger partial charge in [0.05, 0.1) is 11.7 Å². The van der Waals surface area contributed by atoms with Crippen LogP contribution < -0.4 is 10.6 Å². The summed E-state index contributed by atoms with van der Waals surface area (Å²) < 4.78 is 0. The lowest BCUT2D eigenvalue weighted by Crippen LogP contribution is -2.39. The Morgan fingerprint density at radius 2 is 1.78 bits per heavy atom. The molecular formula is C21H19Cl2N3O. The van der Waals surface area contributed by atoms with Crippen molar-refractivity contribution in [1.82, 2.24) is 15.6 Å². The normalized spacial score (nSPS) is 11.6. The number of amides is 2. The molecule has 0 radical (unpaired) electrons. The van der Waals surface area contributed by atoms with Crippen LogP contribution in [0, 0.1) is 0 Å². The van der Waals surface area contributed by atoms with E-state index in [4.69, 9.17) is 23.2 Å². The number of aromatic nitrogens is 1. The zero-order valence-corrected chi connectivity index (χ0v) is 16.0. The molecular weight excluding hydrogens is 381 g/mol. The second kappa shape index (κ2) is 9.40. The molecule has 0 fully saturated rings. The molecule has 3 aromatic rings. The molecule has 0 bridgehead atoms. The summed E-state index contributed by atoms with van der Waals surface area (Å²) in [7, 11) is 0. The van der Waals surface area contributed by atoms with E-state index in [1.807, 2.05) is 54.6 Å². The number of carbonyl (C=O) groups excluding carboxylic acids is 1. The van der Waals surface area contributed by atoms with Gasteiger partial charge >= 0.3 is 6.03 Å². The molecule has 27 heavy (non-hydrogen) atoms. The highest BCUT2D eigenvalue weighted by atomic mass is 35.5. The maximum Gasteiger partial charge on any atom is 0.315 e. The number of hydrogen-bond acceptors (Lipinski definition) is 2. The molecule has 4 nitrogen and oxygen atoms in total. The summed E-state index contributed by atoms with van der Waals surface area (Å²) in [5.41, 5.74) is 2.68. The maximum atomic E-state index is 12.4. The van der Waals surface area contributed by atoms with Gasteiger partial charge in [-0.3, -0.25) is 4.98 Å². The Hall–Kier alpha value is -2.56. The van der Waals surface area contributed by atoms with Crippen molar-refractivity contribution in [2.45, 2.75) is 12.5 Å². The van der Waals surface area contributed by atoms with Crippen LogP contribution in [0.2, 0.25) is 10.0 Å². The summed E-state index contributed by atoms with van der Waals surface area (Å²) in [4.78, 5) is 16.8. The van der Waals surface area contributed by atoms with Gasteiger partial charge in [0.15, 0.2) is 0 Å². The van der Waals surface area contributed by atoms with Gasteiger partial charge in [-0.05, 0) is 41.8 Å². The smallest absolute Gasteiger partial charge is 0.315 e. The largest absolute Gasteiger partial charge is 0.338 e. The number of benzene rings is 2. The number of nitrogens with one attached hydrogen (secondary N) is 2. The third-order valence-electron chi connectivity index (χ3n) is 4.09. The minimum atomic E-state index is -0.327. The zero-order chi connectivity index (χ0) is 19.1. The number of halogens is 2. The lowest BCUT2D eigenvalue weighted by atomic mass is 10.0. The minimum Gasteiger partial charge on any atom is -0.338 e. The van der Waals surface area contributed by atoms with Gasteiger partial charge in [-0.2, -0.15) is 0 Å². The lowest BCUT2D eigenvalue weighted by Gasteiger charge is -2.19. The van der Waals surface area contributed by atoms with E-state index in [9.17, 15) is 4.79 Å². The molecule has 0 aliphatic rings. The van der Waals surface area contributed by atoms with Gasteiger partial charge in [0, 0.05) is 22.8 Å². The van der Waals surface area contributed by atoms with Crippen LogP contribution in [-0.2, 0) is 6.42 Å². The summed E-state index contributed by atoms with van der Waals surface area (Å²) in [5, 5.41) is 7.06. The topological polar surface area (TPSA) is 54.0 Å². The van der Waals surface area contributed by atoms with Gasteiger partial charge in [-0.15, -0.1) is 0 Å². The molecule has 1 heterocycles. The Kier molecular flexibility index (Phi) is 6.69. The van der Waals surface area contributed by atoms with Gasteiger partial charge < -0.3 is 10.6 Å². The van der Waals surface area contributed by atoms with Crippen molar-refractivity contribution in [3.8, 4) is 0 Å². The third kappa shape index (κ3) is 5.46. The van der Waals surface area contributed by atoms with Crippen LogP contribution in [0.15, 0.2) is 72.9 Å². The van der Waals surface area contributed by atoms with Crippen LogP contribution in [-0.4, -0.2) is 17.6 Å². The van der Waals surface area contributed by atoms with E-state index in [2.05, 4.69) is 15.6 Å². The van der Waals surface area contributed by atoms with Crippen LogP contribution in [0.3, 0.4) is 0 Å². The Bertz CT molecular complexity index is 849. The summed E-state index contributed by atoms with van der Waals surface area (Å²) in [6.07, 6.45) is 2.33. The number of carbonyl (C=O) groups is 1. The summed E-state index contributed by atoms with van der Waals surface area (Å²) >= 11 is 12.1. The molecule has 0 saturated carbocycles. The van der Waals surface area contributed by atoms with E-state index in [0.29, 0.717) is 23.0 Å². The van der Waals surface area contributed by atoms with Crippen molar-refractivity contribution in [1.29, 1.82) is 0 Å². The van der Waals surface area contributed by atoms with Crippen LogP contribution in [0.4, 0.5) is 4.79 Å². The van der Waals surface area contributed by atoms with Crippen LogP contribution in [0.1, 0.15) is 22.9 Å². The van der Waals surface area contributed by atoms with Gasteiger partial charge in [-0.1, -0.05) is 65.7 Å². The molecule has 2 amide bonds. The second-order valence-corrected chi connectivity index (χ2v) is 6.83. The fourth-order valence-corrected chi connectivity index (χ4v) is 3.24. The standard InChI is InChI=1S/C21H19Cl2N3O/c22-17-10-9-15(18(23)14-17)11-13-25-21(27)26-20(16-6-2-1-3-7-16)19-8-4-5-12-24-19/h1-10,12,14,20H,11,13H2,(H2,25,26,27). The number of urea groups is 1. The summed E-state index contributed by atoms with van der Waals surface area (Å²) in [6.45, 7) is 0.455. The molecule has 6 heteroatoms. The molecule has 3 rings (SSSR count). The number of pyridine rings is 1. The van der Waals surface area contributed by atoms with Crippen molar-refractivity contribution in [2.75, 3.05) is 6.54 Å². The summed E-state index contributed by atoms with van der Waals surface area (Å²) in [5.74, 6) is 0. The van der Waals surface area contributed by atoms with Crippen molar-refractivity contribution in [2.24, 2.45) is 0 Å². The van der Waals surface area contributed by atoms with Gasteiger partial charge in [0.25, 0.3) is 0 Å². The van der Waals surface area contributed by atoms with E-state index in [1.54, 1.807) is 18.3 Å². The van der Waals surface area contributed by atoms with E-state index in [1.165, 1.54) is 0 Å². The van der Waals surface area contributed by atoms with Crippen LogP contribution >= 0.6 is 23.2 Å². The molecule has 0 saturated heterocycles. The number of rotatable bonds is 6. The van der Waals surface area contributed by atoms with E-state index in [0.717, 1.165) is 16.8 Å². The first-order valence-corrected chi connectivity index (χ1v) is 9.33. The molecule has 2 aromatic carbocycles. The van der Waals surface area contributed by atoms with Crippen molar-refractivity contribution in [3.63, 3.8) is 0 Å². The van der Waals surface area contributed by atoms with Crippen LogP contribution in [0.5, 0.6) is 0 Å². The van der Waals surface area contributed by atoms with Crippen LogP contribution in [0.25, 0.3) is 0 Å². The number of hydrogen-bond donors (Lipinski definition) is 2. The molecule has 2 N–H and O–H groups in total. The highest BCUT2D eigenvalue weighted by molar-refractivity contribution is 6.35. The second-order valence-electron chi connectivity index (χ2n) is 5.98. The Balaban J connectivity index is 1.63. The fourth-order valence-electron chi connectivity index (χ4n) is 2.74. The maximum absolute atomic E-state index is 12.4. The Morgan fingerprint density at radius 1 is 1.00 bits per heavy atom. The quantitative estimate of drug-likeness (QED) is 0.611. The zero-order valence-electron chi connectivity index (χ0n) is 14.5. The van der Waals surface area contributed by atoms with Crippen molar-refractivity contribution < 1.29 is 4.79 Å². The number of nitrogens with zero attached hydrogens (tertiary/aromatic N) is 1. The summed E-state index contributed by atoms with van der Waals surface area (Å²) in [6, 6.07) is 20.2. The van der Waals surface area contributed by atoms with Gasteiger partial charge in [0.1, 0.15) is 0 Å². The Labute approximate surface area is 168 Å². The highest BCUT2D eigenvalue weighted by Gasteiger charge is 2.17. The molecule has 1 aromatic heterocycles. The fraction of sp³-hybridized carbons (Fsp3) is 0.143. The monoisotopic (exact) mass is 399 g/mol. The minimum absolute atomic E-state index is 0.264. The lowest BCUT2D eigenvalue weighted by molar-refractivity contribution is 0.238. The molecule has 0 aliphatic carbocycles. The predicted molar refractivity (Wildman–Crippen MR) is 109 cm³/mol. The molecule has 0 spiro atoms. The van der Waals surface area contributed by atoms with Gasteiger partial charge in [-0.25, -0.2) is 4.79 Å². The molecule has 0 aliphatic heterocycles.